The number of fused-ring (bicyclic) bond motifs is 1. The number of benzene rings is 1. The van der Waals surface area contributed by atoms with Crippen molar-refractivity contribution in [2.45, 2.75) is 20.0 Å². The summed E-state index contributed by atoms with van der Waals surface area (Å²) < 4.78 is 11.0. The summed E-state index contributed by atoms with van der Waals surface area (Å²) in [6.07, 6.45) is 1.59. The van der Waals surface area contributed by atoms with Gasteiger partial charge in [-0.1, -0.05) is 0 Å². The molecule has 1 aromatic heterocycles. The average molecular weight is 324 g/mol. The fourth-order valence-corrected chi connectivity index (χ4v) is 2.32. The second kappa shape index (κ2) is 5.57. The van der Waals surface area contributed by atoms with E-state index in [-0.39, 0.29) is 6.10 Å². The first kappa shape index (κ1) is 13.8. The van der Waals surface area contributed by atoms with E-state index in [4.69, 9.17) is 9.47 Å². The first-order valence-electron chi connectivity index (χ1n) is 5.86. The second-order valence-electron chi connectivity index (χ2n) is 4.32. The highest BCUT2D eigenvalue weighted by Gasteiger charge is 2.14. The van der Waals surface area contributed by atoms with E-state index in [9.17, 15) is 4.79 Å². The molecule has 2 aromatic rings. The van der Waals surface area contributed by atoms with Crippen molar-refractivity contribution in [3.63, 3.8) is 0 Å². The van der Waals surface area contributed by atoms with Crippen LogP contribution in [0.15, 0.2) is 28.9 Å². The number of rotatable bonds is 3. The molecule has 0 fully saturated rings. The van der Waals surface area contributed by atoms with Crippen LogP contribution in [0.5, 0.6) is 5.75 Å². The minimum atomic E-state index is -0.420. The Morgan fingerprint density at radius 3 is 2.74 bits per heavy atom. The molecule has 0 saturated carbocycles. The number of hydrogen-bond donors (Lipinski definition) is 0. The molecule has 0 aliphatic rings. The maximum absolute atomic E-state index is 11.6. The van der Waals surface area contributed by atoms with Gasteiger partial charge in [0, 0.05) is 16.1 Å². The van der Waals surface area contributed by atoms with Gasteiger partial charge in [-0.2, -0.15) is 0 Å². The Morgan fingerprint density at radius 2 is 2.11 bits per heavy atom. The molecule has 1 aromatic carbocycles. The van der Waals surface area contributed by atoms with E-state index in [0.717, 1.165) is 16.7 Å². The number of methoxy groups -OCH3 is 1. The molecule has 19 heavy (non-hydrogen) atoms. The fraction of sp³-hybridized carbons (Fsp3) is 0.286. The molecule has 0 aliphatic carbocycles. The Balaban J connectivity index is 2.55. The van der Waals surface area contributed by atoms with Crippen LogP contribution in [0.2, 0.25) is 0 Å². The van der Waals surface area contributed by atoms with Gasteiger partial charge in [0.05, 0.1) is 24.3 Å². The van der Waals surface area contributed by atoms with Crippen molar-refractivity contribution in [2.24, 2.45) is 0 Å². The van der Waals surface area contributed by atoms with Gasteiger partial charge in [-0.05, 0) is 48.0 Å². The van der Waals surface area contributed by atoms with Gasteiger partial charge in [0.25, 0.3) is 0 Å². The van der Waals surface area contributed by atoms with E-state index in [2.05, 4.69) is 20.9 Å². The van der Waals surface area contributed by atoms with Gasteiger partial charge < -0.3 is 9.47 Å². The summed E-state index contributed by atoms with van der Waals surface area (Å²) >= 11 is 3.43. The predicted molar refractivity (Wildman–Crippen MR) is 76.5 cm³/mol. The summed E-state index contributed by atoms with van der Waals surface area (Å²) in [6.45, 7) is 3.92. The van der Waals surface area contributed by atoms with E-state index >= 15 is 0 Å². The van der Waals surface area contributed by atoms with E-state index in [1.54, 1.807) is 0 Å². The summed E-state index contributed by atoms with van der Waals surface area (Å²) in [6, 6.07) is 5.58. The molecule has 100 valence electrons. The molecule has 0 atom stereocenters. The van der Waals surface area contributed by atoms with Crippen LogP contribution in [0.3, 0.4) is 0 Å². The molecule has 0 unspecified atom stereocenters. The molecular weight excluding hydrogens is 310 g/mol. The van der Waals surface area contributed by atoms with E-state index in [1.165, 1.54) is 13.3 Å². The van der Waals surface area contributed by atoms with E-state index in [0.29, 0.717) is 10.0 Å². The Hall–Kier alpha value is -1.62. The van der Waals surface area contributed by atoms with E-state index < -0.39 is 5.97 Å². The van der Waals surface area contributed by atoms with Crippen molar-refractivity contribution in [3.8, 4) is 5.75 Å². The molecule has 4 nitrogen and oxygen atoms in total. The zero-order valence-electron chi connectivity index (χ0n) is 10.9. The molecule has 0 saturated heterocycles. The topological polar surface area (TPSA) is 48.4 Å². The fourth-order valence-electron chi connectivity index (χ4n) is 1.74. The van der Waals surface area contributed by atoms with Crippen LogP contribution in [-0.4, -0.2) is 24.2 Å². The number of ether oxygens (including phenoxy) is 2. The number of nitrogens with zero attached hydrogens (tertiary/aromatic N) is 1. The number of hydrogen-bond acceptors (Lipinski definition) is 4. The van der Waals surface area contributed by atoms with Crippen molar-refractivity contribution in [1.82, 2.24) is 4.98 Å². The monoisotopic (exact) mass is 323 g/mol. The Labute approximate surface area is 119 Å². The minimum Gasteiger partial charge on any atom is -0.491 e. The molecule has 0 amide bonds. The number of esters is 1. The highest BCUT2D eigenvalue weighted by atomic mass is 79.9. The number of halogens is 1. The SMILES string of the molecule is COC(=O)c1cnc2ccc(OC(C)C)cc2c1Br. The molecule has 5 heteroatoms. The quantitative estimate of drug-likeness (QED) is 0.810. The lowest BCUT2D eigenvalue weighted by Crippen LogP contribution is -2.06. The van der Waals surface area contributed by atoms with Crippen LogP contribution < -0.4 is 4.74 Å². The molecule has 2 rings (SSSR count). The lowest BCUT2D eigenvalue weighted by atomic mass is 10.1. The molecule has 0 spiro atoms. The number of carbonyl (C=O) groups is 1. The standard InChI is InChI=1S/C14H14BrNO3/c1-8(2)19-9-4-5-12-10(6-9)13(15)11(7-16-12)14(17)18-3/h4-8H,1-3H3. The van der Waals surface area contributed by atoms with Crippen molar-refractivity contribution < 1.29 is 14.3 Å². The molecular formula is C14H14BrNO3. The maximum atomic E-state index is 11.6. The molecule has 1 heterocycles. The predicted octanol–water partition coefficient (Wildman–Crippen LogP) is 3.57. The van der Waals surface area contributed by atoms with Crippen molar-refractivity contribution in [1.29, 1.82) is 0 Å². The van der Waals surface area contributed by atoms with Gasteiger partial charge in [0.15, 0.2) is 0 Å². The molecule has 0 bridgehead atoms. The van der Waals surface area contributed by atoms with Crippen LogP contribution in [0, 0.1) is 0 Å². The zero-order valence-corrected chi connectivity index (χ0v) is 12.5. The maximum Gasteiger partial charge on any atom is 0.340 e. The van der Waals surface area contributed by atoms with Crippen LogP contribution in [0.25, 0.3) is 10.9 Å². The smallest absolute Gasteiger partial charge is 0.340 e. The third-order valence-corrected chi connectivity index (χ3v) is 3.41. The Kier molecular flexibility index (Phi) is 4.04. The van der Waals surface area contributed by atoms with Crippen LogP contribution in [0.1, 0.15) is 24.2 Å². The zero-order chi connectivity index (χ0) is 14.0. The minimum absolute atomic E-state index is 0.0907. The number of carbonyl (C=O) groups excluding carboxylic acids is 1. The lowest BCUT2D eigenvalue weighted by molar-refractivity contribution is 0.0599. The molecule has 0 aliphatic heterocycles. The van der Waals surface area contributed by atoms with Crippen LogP contribution >= 0.6 is 15.9 Å². The van der Waals surface area contributed by atoms with Crippen molar-refractivity contribution >= 4 is 32.8 Å². The van der Waals surface area contributed by atoms with Crippen molar-refractivity contribution in [2.75, 3.05) is 7.11 Å². The number of pyridine rings is 1. The van der Waals surface area contributed by atoms with Crippen LogP contribution in [-0.2, 0) is 4.74 Å². The average Bonchev–Trinajstić information content (AvgIpc) is 2.38. The third-order valence-electron chi connectivity index (χ3n) is 2.55. The van der Waals surface area contributed by atoms with Gasteiger partial charge in [0.2, 0.25) is 0 Å². The highest BCUT2D eigenvalue weighted by molar-refractivity contribution is 9.10. The van der Waals surface area contributed by atoms with Gasteiger partial charge in [0.1, 0.15) is 5.75 Å². The summed E-state index contributed by atoms with van der Waals surface area (Å²) in [5.41, 5.74) is 1.19. The van der Waals surface area contributed by atoms with Gasteiger partial charge in [-0.3, -0.25) is 4.98 Å². The first-order valence-corrected chi connectivity index (χ1v) is 6.65. The highest BCUT2D eigenvalue weighted by Crippen LogP contribution is 2.30. The Morgan fingerprint density at radius 1 is 1.37 bits per heavy atom. The summed E-state index contributed by atoms with van der Waals surface area (Å²) in [4.78, 5) is 15.9. The third kappa shape index (κ3) is 2.87. The number of aromatic nitrogens is 1. The van der Waals surface area contributed by atoms with E-state index in [1.807, 2.05) is 32.0 Å². The normalized spacial score (nSPS) is 10.8. The van der Waals surface area contributed by atoms with Gasteiger partial charge >= 0.3 is 5.97 Å². The second-order valence-corrected chi connectivity index (χ2v) is 5.12. The van der Waals surface area contributed by atoms with Gasteiger partial charge in [-0.25, -0.2) is 4.79 Å². The first-order chi connectivity index (χ1) is 9.02. The van der Waals surface area contributed by atoms with Crippen LogP contribution in [0.4, 0.5) is 0 Å². The molecule has 0 radical (unpaired) electrons. The summed E-state index contributed by atoms with van der Waals surface area (Å²) in [7, 11) is 1.34. The largest absolute Gasteiger partial charge is 0.491 e. The summed E-state index contributed by atoms with van der Waals surface area (Å²) in [5, 5.41) is 0.820. The Bertz CT molecular complexity index is 625. The van der Waals surface area contributed by atoms with Crippen molar-refractivity contribution in [3.05, 3.63) is 34.4 Å². The molecule has 0 N–H and O–H groups in total. The lowest BCUT2D eigenvalue weighted by Gasteiger charge is -2.11. The summed E-state index contributed by atoms with van der Waals surface area (Å²) in [5.74, 6) is 0.323. The van der Waals surface area contributed by atoms with Gasteiger partial charge in [-0.15, -0.1) is 0 Å².